The molecule has 0 fully saturated rings. The second-order valence-electron chi connectivity index (χ2n) is 9.84. The van der Waals surface area contributed by atoms with Gasteiger partial charge in [0.05, 0.1) is 23.3 Å². The van der Waals surface area contributed by atoms with Gasteiger partial charge in [-0.3, -0.25) is 14.4 Å². The second kappa shape index (κ2) is 9.90. The SMILES string of the molecule is CC(C)CC(=O)N1C[C@H](C(C)C(N)=O)C(=O)N(C(C)c2cccc3ccccc23)c2ccccc21. The highest BCUT2D eigenvalue weighted by atomic mass is 16.2. The summed E-state index contributed by atoms with van der Waals surface area (Å²) in [7, 11) is 0. The number of nitrogens with two attached hydrogens (primary N) is 1. The number of hydrogen-bond donors (Lipinski definition) is 1. The van der Waals surface area contributed by atoms with Crippen LogP contribution in [-0.2, 0) is 14.4 Å². The average molecular weight is 472 g/mol. The van der Waals surface area contributed by atoms with Crippen LogP contribution in [-0.4, -0.2) is 24.3 Å². The highest BCUT2D eigenvalue weighted by Gasteiger charge is 2.42. The Morgan fingerprint density at radius 3 is 2.23 bits per heavy atom. The van der Waals surface area contributed by atoms with Crippen LogP contribution in [0.5, 0.6) is 0 Å². The molecular formula is C29H33N3O3. The van der Waals surface area contributed by atoms with Crippen molar-refractivity contribution in [2.45, 2.75) is 40.2 Å². The summed E-state index contributed by atoms with van der Waals surface area (Å²) in [5, 5.41) is 2.15. The molecule has 6 heteroatoms. The summed E-state index contributed by atoms with van der Waals surface area (Å²) in [5.74, 6) is -2.15. The lowest BCUT2D eigenvalue weighted by molar-refractivity contribution is -0.131. The lowest BCUT2D eigenvalue weighted by Gasteiger charge is -2.33. The molecule has 182 valence electrons. The lowest BCUT2D eigenvalue weighted by Crippen LogP contribution is -2.46. The summed E-state index contributed by atoms with van der Waals surface area (Å²) in [6.45, 7) is 7.77. The van der Waals surface area contributed by atoms with E-state index in [-0.39, 0.29) is 30.3 Å². The fraction of sp³-hybridized carbons (Fsp3) is 0.345. The van der Waals surface area contributed by atoms with E-state index >= 15 is 0 Å². The van der Waals surface area contributed by atoms with E-state index in [1.54, 1.807) is 16.7 Å². The third-order valence-electron chi connectivity index (χ3n) is 6.96. The van der Waals surface area contributed by atoms with Crippen molar-refractivity contribution < 1.29 is 14.4 Å². The Bertz CT molecular complexity index is 1260. The number of primary amides is 1. The van der Waals surface area contributed by atoms with Crippen LogP contribution in [0.4, 0.5) is 11.4 Å². The van der Waals surface area contributed by atoms with E-state index < -0.39 is 17.7 Å². The number of carbonyl (C=O) groups excluding carboxylic acids is 3. The van der Waals surface area contributed by atoms with Gasteiger partial charge in [-0.1, -0.05) is 75.4 Å². The number of amides is 3. The molecule has 0 saturated carbocycles. The summed E-state index contributed by atoms with van der Waals surface area (Å²) < 4.78 is 0. The number of nitrogens with zero attached hydrogens (tertiary/aromatic N) is 2. The standard InChI is InChI=1S/C29H33N3O3/c1-18(2)16-27(33)31-17-24(19(3)28(30)34)29(35)32(26-15-8-7-14-25(26)31)20(4)22-13-9-11-21-10-5-6-12-23(21)22/h5-15,18-20,24H,16-17H2,1-4H3,(H2,30,34)/t19?,20?,24-/m1/s1. The molecule has 3 amide bonds. The highest BCUT2D eigenvalue weighted by molar-refractivity contribution is 6.07. The van der Waals surface area contributed by atoms with Gasteiger partial charge in [0, 0.05) is 18.9 Å². The first-order valence-corrected chi connectivity index (χ1v) is 12.2. The molecule has 0 aromatic heterocycles. The molecule has 2 unspecified atom stereocenters. The number of benzene rings is 3. The average Bonchev–Trinajstić information content (AvgIpc) is 2.96. The van der Waals surface area contributed by atoms with Crippen molar-refractivity contribution in [2.75, 3.05) is 16.3 Å². The summed E-state index contributed by atoms with van der Waals surface area (Å²) in [6.07, 6.45) is 0.346. The molecule has 0 saturated heterocycles. The zero-order valence-corrected chi connectivity index (χ0v) is 20.8. The van der Waals surface area contributed by atoms with Crippen LogP contribution in [0.1, 0.15) is 45.7 Å². The maximum Gasteiger partial charge on any atom is 0.233 e. The van der Waals surface area contributed by atoms with Crippen molar-refractivity contribution in [3.8, 4) is 0 Å². The molecular weight excluding hydrogens is 438 g/mol. The van der Waals surface area contributed by atoms with Crippen molar-refractivity contribution in [3.05, 3.63) is 72.3 Å². The van der Waals surface area contributed by atoms with E-state index in [2.05, 4.69) is 6.07 Å². The maximum absolute atomic E-state index is 14.2. The molecule has 1 aliphatic rings. The first-order chi connectivity index (χ1) is 16.7. The monoisotopic (exact) mass is 471 g/mol. The van der Waals surface area contributed by atoms with E-state index in [4.69, 9.17) is 5.73 Å². The predicted octanol–water partition coefficient (Wildman–Crippen LogP) is 5.06. The lowest BCUT2D eigenvalue weighted by atomic mass is 9.90. The Morgan fingerprint density at radius 2 is 1.54 bits per heavy atom. The molecule has 3 aromatic carbocycles. The minimum absolute atomic E-state index is 0.0680. The van der Waals surface area contributed by atoms with Gasteiger partial charge in [0.2, 0.25) is 17.7 Å². The van der Waals surface area contributed by atoms with E-state index in [0.717, 1.165) is 16.3 Å². The topological polar surface area (TPSA) is 83.7 Å². The second-order valence-corrected chi connectivity index (χ2v) is 9.84. The van der Waals surface area contributed by atoms with Gasteiger partial charge in [-0.2, -0.15) is 0 Å². The largest absolute Gasteiger partial charge is 0.369 e. The Hall–Kier alpha value is -3.67. The normalized spacial score (nSPS) is 17.7. The number of rotatable bonds is 6. The molecule has 0 spiro atoms. The molecule has 4 rings (SSSR count). The molecule has 0 aliphatic carbocycles. The Kier molecular flexibility index (Phi) is 6.92. The fourth-order valence-corrected chi connectivity index (χ4v) is 4.99. The predicted molar refractivity (Wildman–Crippen MR) is 140 cm³/mol. The third kappa shape index (κ3) is 4.65. The Morgan fingerprint density at radius 1 is 0.914 bits per heavy atom. The van der Waals surface area contributed by atoms with Gasteiger partial charge >= 0.3 is 0 Å². The summed E-state index contributed by atoms with van der Waals surface area (Å²) in [5.41, 5.74) is 8.02. The summed E-state index contributed by atoms with van der Waals surface area (Å²) >= 11 is 0. The maximum atomic E-state index is 14.2. The van der Waals surface area contributed by atoms with Crippen molar-refractivity contribution in [3.63, 3.8) is 0 Å². The summed E-state index contributed by atoms with van der Waals surface area (Å²) in [4.78, 5) is 43.2. The zero-order valence-electron chi connectivity index (χ0n) is 20.8. The minimum atomic E-state index is -0.756. The van der Waals surface area contributed by atoms with E-state index in [1.165, 1.54) is 0 Å². The highest BCUT2D eigenvalue weighted by Crippen LogP contribution is 2.42. The molecule has 35 heavy (non-hydrogen) atoms. The van der Waals surface area contributed by atoms with Crippen LogP contribution in [0.2, 0.25) is 0 Å². The van der Waals surface area contributed by atoms with Gasteiger partial charge in [0.15, 0.2) is 0 Å². The van der Waals surface area contributed by atoms with Crippen molar-refractivity contribution in [1.82, 2.24) is 0 Å². The first-order valence-electron chi connectivity index (χ1n) is 12.2. The van der Waals surface area contributed by atoms with Crippen molar-refractivity contribution in [1.29, 1.82) is 0 Å². The first kappa shape index (κ1) is 24.5. The Balaban J connectivity index is 1.90. The molecule has 1 heterocycles. The molecule has 1 aliphatic heterocycles. The molecule has 0 bridgehead atoms. The number of fused-ring (bicyclic) bond motifs is 2. The van der Waals surface area contributed by atoms with Gasteiger partial charge in [-0.15, -0.1) is 0 Å². The number of anilines is 2. The van der Waals surface area contributed by atoms with Crippen LogP contribution in [0.15, 0.2) is 66.7 Å². The fourth-order valence-electron chi connectivity index (χ4n) is 4.99. The summed E-state index contributed by atoms with van der Waals surface area (Å²) in [6, 6.07) is 21.3. The molecule has 3 atom stereocenters. The van der Waals surface area contributed by atoms with E-state index in [0.29, 0.717) is 17.8 Å². The number of carbonyl (C=O) groups is 3. The smallest absolute Gasteiger partial charge is 0.233 e. The van der Waals surface area contributed by atoms with Crippen LogP contribution in [0.3, 0.4) is 0 Å². The molecule has 3 aromatic rings. The van der Waals surface area contributed by atoms with Gasteiger partial charge < -0.3 is 15.5 Å². The van der Waals surface area contributed by atoms with Crippen LogP contribution in [0.25, 0.3) is 10.8 Å². The van der Waals surface area contributed by atoms with E-state index in [9.17, 15) is 14.4 Å². The van der Waals surface area contributed by atoms with Gasteiger partial charge in [-0.25, -0.2) is 0 Å². The van der Waals surface area contributed by atoms with Gasteiger partial charge in [0.1, 0.15) is 0 Å². The van der Waals surface area contributed by atoms with Crippen LogP contribution in [0, 0.1) is 17.8 Å². The molecule has 0 radical (unpaired) electrons. The van der Waals surface area contributed by atoms with Crippen molar-refractivity contribution >= 4 is 39.9 Å². The van der Waals surface area contributed by atoms with Crippen LogP contribution < -0.4 is 15.5 Å². The third-order valence-corrected chi connectivity index (χ3v) is 6.96. The van der Waals surface area contributed by atoms with Crippen LogP contribution >= 0.6 is 0 Å². The molecule has 2 N–H and O–H groups in total. The number of para-hydroxylation sites is 2. The number of hydrogen-bond acceptors (Lipinski definition) is 3. The minimum Gasteiger partial charge on any atom is -0.369 e. The van der Waals surface area contributed by atoms with Gasteiger partial charge in [0.25, 0.3) is 0 Å². The molecule has 6 nitrogen and oxygen atoms in total. The van der Waals surface area contributed by atoms with E-state index in [1.807, 2.05) is 81.4 Å². The Labute approximate surface area is 206 Å². The van der Waals surface area contributed by atoms with Crippen molar-refractivity contribution in [2.24, 2.45) is 23.5 Å². The van der Waals surface area contributed by atoms with Gasteiger partial charge in [-0.05, 0) is 41.3 Å². The quantitative estimate of drug-likeness (QED) is 0.545. The zero-order chi connectivity index (χ0) is 25.3.